The second-order valence-electron chi connectivity index (χ2n) is 5.62. The van der Waals surface area contributed by atoms with Crippen LogP contribution in [0.2, 0.25) is 5.15 Å². The molecular weight excluding hydrogens is 306 g/mol. The van der Waals surface area contributed by atoms with Crippen LogP contribution < -0.4 is 0 Å². The molecule has 0 saturated heterocycles. The quantitative estimate of drug-likeness (QED) is 0.787. The SMILES string of the molecule is CCc1c(Cl)ncnc1Sc1nnc(C2CC2)n1C1CC1. The predicted octanol–water partition coefficient (Wildman–Crippen LogP) is 3.65. The van der Waals surface area contributed by atoms with Gasteiger partial charge in [-0.05, 0) is 43.9 Å². The van der Waals surface area contributed by atoms with Gasteiger partial charge in [0.15, 0.2) is 5.16 Å². The summed E-state index contributed by atoms with van der Waals surface area (Å²) in [5.74, 6) is 1.78. The molecule has 0 aromatic carbocycles. The van der Waals surface area contributed by atoms with Crippen molar-refractivity contribution >= 4 is 23.4 Å². The van der Waals surface area contributed by atoms with Crippen LogP contribution >= 0.6 is 23.4 Å². The molecule has 2 heterocycles. The summed E-state index contributed by atoms with van der Waals surface area (Å²) in [4.78, 5) is 8.45. The van der Waals surface area contributed by atoms with Crippen molar-refractivity contribution in [1.29, 1.82) is 0 Å². The fourth-order valence-electron chi connectivity index (χ4n) is 2.50. The Morgan fingerprint density at radius 3 is 2.71 bits per heavy atom. The minimum Gasteiger partial charge on any atom is -0.302 e. The Morgan fingerprint density at radius 1 is 1.24 bits per heavy atom. The summed E-state index contributed by atoms with van der Waals surface area (Å²) < 4.78 is 2.33. The maximum absolute atomic E-state index is 6.17. The highest BCUT2D eigenvalue weighted by molar-refractivity contribution is 7.99. The van der Waals surface area contributed by atoms with Crippen LogP contribution in [0, 0.1) is 0 Å². The molecule has 2 aromatic heterocycles. The molecule has 0 radical (unpaired) electrons. The Bertz CT molecular complexity index is 678. The van der Waals surface area contributed by atoms with Crippen LogP contribution in [0.1, 0.15) is 56.0 Å². The third kappa shape index (κ3) is 2.55. The maximum Gasteiger partial charge on any atom is 0.197 e. The number of hydrogen-bond donors (Lipinski definition) is 0. The van der Waals surface area contributed by atoms with E-state index in [1.54, 1.807) is 11.8 Å². The topological polar surface area (TPSA) is 56.5 Å². The van der Waals surface area contributed by atoms with Crippen LogP contribution in [-0.4, -0.2) is 24.7 Å². The Kier molecular flexibility index (Phi) is 3.38. The molecule has 2 aliphatic carbocycles. The van der Waals surface area contributed by atoms with Gasteiger partial charge in [0.05, 0.1) is 0 Å². The van der Waals surface area contributed by atoms with Crippen molar-refractivity contribution in [2.45, 2.75) is 61.2 Å². The summed E-state index contributed by atoms with van der Waals surface area (Å²) in [7, 11) is 0. The van der Waals surface area contributed by atoms with E-state index >= 15 is 0 Å². The second kappa shape index (κ2) is 5.25. The van der Waals surface area contributed by atoms with Crippen molar-refractivity contribution < 1.29 is 0 Å². The third-order valence-corrected chi connectivity index (χ3v) is 5.27. The molecule has 110 valence electrons. The van der Waals surface area contributed by atoms with Gasteiger partial charge in [0.25, 0.3) is 0 Å². The van der Waals surface area contributed by atoms with Crippen molar-refractivity contribution in [2.24, 2.45) is 0 Å². The van der Waals surface area contributed by atoms with Gasteiger partial charge in [0.1, 0.15) is 22.3 Å². The number of nitrogens with zero attached hydrogens (tertiary/aromatic N) is 5. The number of aromatic nitrogens is 5. The van der Waals surface area contributed by atoms with Crippen molar-refractivity contribution in [3.8, 4) is 0 Å². The summed E-state index contributed by atoms with van der Waals surface area (Å²) >= 11 is 7.74. The number of hydrogen-bond acceptors (Lipinski definition) is 5. The molecule has 0 atom stereocenters. The first-order valence-corrected chi connectivity index (χ1v) is 8.59. The van der Waals surface area contributed by atoms with Crippen LogP contribution in [0.5, 0.6) is 0 Å². The van der Waals surface area contributed by atoms with E-state index in [-0.39, 0.29) is 0 Å². The van der Waals surface area contributed by atoms with Gasteiger partial charge in [0.2, 0.25) is 0 Å². The van der Waals surface area contributed by atoms with Crippen molar-refractivity contribution in [1.82, 2.24) is 24.7 Å². The molecule has 0 N–H and O–H groups in total. The first kappa shape index (κ1) is 13.5. The zero-order chi connectivity index (χ0) is 14.4. The van der Waals surface area contributed by atoms with Gasteiger partial charge in [0, 0.05) is 17.5 Å². The predicted molar refractivity (Wildman–Crippen MR) is 80.8 cm³/mol. The van der Waals surface area contributed by atoms with Gasteiger partial charge >= 0.3 is 0 Å². The van der Waals surface area contributed by atoms with E-state index < -0.39 is 0 Å². The van der Waals surface area contributed by atoms with Crippen LogP contribution in [-0.2, 0) is 6.42 Å². The average Bonchev–Trinajstić information content (AvgIpc) is 3.39. The summed E-state index contributed by atoms with van der Waals surface area (Å²) in [6, 6.07) is 0.584. The van der Waals surface area contributed by atoms with Gasteiger partial charge in [-0.3, -0.25) is 0 Å². The molecule has 0 bridgehead atoms. The van der Waals surface area contributed by atoms with Crippen molar-refractivity contribution in [2.75, 3.05) is 0 Å². The zero-order valence-electron chi connectivity index (χ0n) is 11.8. The lowest BCUT2D eigenvalue weighted by molar-refractivity contribution is 0.626. The van der Waals surface area contributed by atoms with Crippen LogP contribution in [0.15, 0.2) is 16.5 Å². The third-order valence-electron chi connectivity index (χ3n) is 3.94. The van der Waals surface area contributed by atoms with E-state index in [1.807, 2.05) is 0 Å². The lowest BCUT2D eigenvalue weighted by atomic mass is 10.3. The summed E-state index contributed by atoms with van der Waals surface area (Å²) in [6.07, 6.45) is 7.29. The zero-order valence-corrected chi connectivity index (χ0v) is 13.4. The molecule has 5 nitrogen and oxygen atoms in total. The standard InChI is InChI=1S/C14H16ClN5S/c1-2-10-11(15)16-7-17-13(10)21-14-19-18-12(8-3-4-8)20(14)9-5-6-9/h7-9H,2-6H2,1H3. The van der Waals surface area contributed by atoms with Crippen molar-refractivity contribution in [3.63, 3.8) is 0 Å². The normalized spacial score (nSPS) is 18.2. The van der Waals surface area contributed by atoms with E-state index in [0.717, 1.165) is 22.2 Å². The molecule has 0 amide bonds. The van der Waals surface area contributed by atoms with Gasteiger partial charge in [-0.1, -0.05) is 18.5 Å². The highest BCUT2D eigenvalue weighted by Gasteiger charge is 2.36. The van der Waals surface area contributed by atoms with E-state index in [0.29, 0.717) is 17.1 Å². The molecule has 0 spiro atoms. The Morgan fingerprint density at radius 2 is 2.05 bits per heavy atom. The molecule has 0 unspecified atom stereocenters. The summed E-state index contributed by atoms with van der Waals surface area (Å²) in [5.41, 5.74) is 0.988. The van der Waals surface area contributed by atoms with Gasteiger partial charge in [-0.2, -0.15) is 0 Å². The molecule has 0 aliphatic heterocycles. The maximum atomic E-state index is 6.17. The number of halogens is 1. The monoisotopic (exact) mass is 321 g/mol. The number of rotatable bonds is 5. The Balaban J connectivity index is 1.70. The second-order valence-corrected chi connectivity index (χ2v) is 6.93. The van der Waals surface area contributed by atoms with E-state index in [4.69, 9.17) is 11.6 Å². The lowest BCUT2D eigenvalue weighted by Crippen LogP contribution is -2.02. The van der Waals surface area contributed by atoms with Crippen LogP contribution in [0.25, 0.3) is 0 Å². The highest BCUT2D eigenvalue weighted by Crippen LogP contribution is 2.46. The summed E-state index contributed by atoms with van der Waals surface area (Å²) in [5, 5.41) is 11.2. The van der Waals surface area contributed by atoms with Gasteiger partial charge in [-0.25, -0.2) is 9.97 Å². The van der Waals surface area contributed by atoms with E-state index in [9.17, 15) is 0 Å². The molecular formula is C14H16ClN5S. The molecule has 2 saturated carbocycles. The first-order chi connectivity index (χ1) is 10.3. The largest absolute Gasteiger partial charge is 0.302 e. The Labute approximate surface area is 132 Å². The molecule has 2 fully saturated rings. The molecule has 21 heavy (non-hydrogen) atoms. The minimum atomic E-state index is 0.537. The van der Waals surface area contributed by atoms with Crippen LogP contribution in [0.3, 0.4) is 0 Å². The van der Waals surface area contributed by atoms with Crippen LogP contribution in [0.4, 0.5) is 0 Å². The first-order valence-electron chi connectivity index (χ1n) is 7.40. The molecule has 2 aliphatic rings. The minimum absolute atomic E-state index is 0.537. The highest BCUT2D eigenvalue weighted by atomic mass is 35.5. The van der Waals surface area contributed by atoms with Gasteiger partial charge in [-0.15, -0.1) is 10.2 Å². The fourth-order valence-corrected chi connectivity index (χ4v) is 3.88. The molecule has 4 rings (SSSR count). The van der Waals surface area contributed by atoms with Gasteiger partial charge < -0.3 is 4.57 Å². The lowest BCUT2D eigenvalue weighted by Gasteiger charge is -2.09. The van der Waals surface area contributed by atoms with E-state index in [2.05, 4.69) is 31.7 Å². The van der Waals surface area contributed by atoms with E-state index in [1.165, 1.54) is 37.8 Å². The van der Waals surface area contributed by atoms with Crippen molar-refractivity contribution in [3.05, 3.63) is 22.9 Å². The smallest absolute Gasteiger partial charge is 0.197 e. The summed E-state index contributed by atoms with van der Waals surface area (Å²) in [6.45, 7) is 2.07. The fraction of sp³-hybridized carbons (Fsp3) is 0.571. The Hall–Kier alpha value is -1.14. The average molecular weight is 322 g/mol. The molecule has 2 aromatic rings. The molecule has 7 heteroatoms.